The predicted molar refractivity (Wildman–Crippen MR) is 138 cm³/mol. The van der Waals surface area contributed by atoms with E-state index in [1.54, 1.807) is 0 Å². The number of ether oxygens (including phenoxy) is 1. The summed E-state index contributed by atoms with van der Waals surface area (Å²) in [4.78, 5) is 12.5. The second kappa shape index (κ2) is 11.0. The molecule has 0 spiro atoms. The van der Waals surface area contributed by atoms with E-state index in [1.165, 1.54) is 0 Å². The van der Waals surface area contributed by atoms with Gasteiger partial charge >= 0.3 is 5.97 Å². The van der Waals surface area contributed by atoms with Crippen molar-refractivity contribution in [3.8, 4) is 0 Å². The van der Waals surface area contributed by atoms with Crippen molar-refractivity contribution in [3.05, 3.63) is 71.6 Å². The van der Waals surface area contributed by atoms with Gasteiger partial charge in [0.25, 0.3) is 0 Å². The normalized spacial score (nSPS) is 35.8. The molecule has 2 fully saturated rings. The molecule has 2 N–H and O–H groups in total. The van der Waals surface area contributed by atoms with Crippen LogP contribution in [0.5, 0.6) is 0 Å². The number of aliphatic hydroxyl groups is 2. The van der Waals surface area contributed by atoms with Gasteiger partial charge in [-0.1, -0.05) is 62.0 Å². The molecule has 0 aromatic rings. The van der Waals surface area contributed by atoms with Crippen LogP contribution in [0.25, 0.3) is 0 Å². The molecular weight excluding hydrogens is 424 g/mol. The molecule has 0 amide bonds. The molecule has 3 rings (SSSR count). The Kier molecular flexibility index (Phi) is 8.59. The zero-order valence-electron chi connectivity index (χ0n) is 21.3. The SMILES string of the molecule is C=C1CC[C@@H]2[C@](C)(CO)[C@H](O)CC[C@@]2(C)[C@@H]1/C=C/C1=CC(=C\C(C)=C\CCC/C=C/C)/OC1=O. The van der Waals surface area contributed by atoms with E-state index >= 15 is 0 Å². The standard InChI is InChI=1S/C30H42O4/c1-6-7-8-9-10-11-21(2)18-24-19-23(28(33)34-24)13-14-25-22(3)12-15-26-29(25,4)17-16-27(32)30(26,5)20-31/h6-7,11,13-14,18-19,25-27,31-32H,3,8-10,12,15-17,20H2,1-2,4-5H3/b7-6+,14-13+,21-11+,24-18+/t25-,26+,27-,29+,30+/m1/s1. The lowest BCUT2D eigenvalue weighted by molar-refractivity contribution is -0.145. The van der Waals surface area contributed by atoms with Crippen LogP contribution in [0.2, 0.25) is 0 Å². The summed E-state index contributed by atoms with van der Waals surface area (Å²) in [5.74, 6) is 0.525. The number of hydrogen-bond donors (Lipinski definition) is 2. The molecule has 0 saturated heterocycles. The lowest BCUT2D eigenvalue weighted by Gasteiger charge is -2.59. The second-order valence-electron chi connectivity index (χ2n) is 10.8. The molecule has 4 nitrogen and oxygen atoms in total. The van der Waals surface area contributed by atoms with Gasteiger partial charge in [-0.25, -0.2) is 4.79 Å². The number of rotatable bonds is 8. The largest absolute Gasteiger partial charge is 0.423 e. The minimum Gasteiger partial charge on any atom is -0.423 e. The Morgan fingerprint density at radius 3 is 2.76 bits per heavy atom. The van der Waals surface area contributed by atoms with Gasteiger partial charge in [-0.15, -0.1) is 0 Å². The first kappa shape index (κ1) is 26.4. The number of cyclic esters (lactones) is 1. The topological polar surface area (TPSA) is 66.8 Å². The van der Waals surface area contributed by atoms with Crippen molar-refractivity contribution >= 4 is 5.97 Å². The number of unbranched alkanes of at least 4 members (excludes halogenated alkanes) is 2. The molecule has 34 heavy (non-hydrogen) atoms. The van der Waals surface area contributed by atoms with E-state index in [4.69, 9.17) is 4.74 Å². The van der Waals surface area contributed by atoms with Crippen molar-refractivity contribution in [2.75, 3.05) is 6.61 Å². The van der Waals surface area contributed by atoms with Crippen LogP contribution < -0.4 is 0 Å². The second-order valence-corrected chi connectivity index (χ2v) is 10.8. The number of carbonyl (C=O) groups is 1. The molecule has 0 bridgehead atoms. The van der Waals surface area contributed by atoms with E-state index in [0.717, 1.165) is 49.7 Å². The highest BCUT2D eigenvalue weighted by Crippen LogP contribution is 2.61. The summed E-state index contributed by atoms with van der Waals surface area (Å²) in [6.07, 6.45) is 20.1. The van der Waals surface area contributed by atoms with Gasteiger partial charge in [-0.2, -0.15) is 0 Å². The average Bonchev–Trinajstić information content (AvgIpc) is 3.14. The molecule has 1 aliphatic heterocycles. The molecule has 4 heteroatoms. The van der Waals surface area contributed by atoms with Crippen LogP contribution in [-0.2, 0) is 9.53 Å². The molecule has 1 heterocycles. The van der Waals surface area contributed by atoms with Crippen molar-refractivity contribution in [2.45, 2.75) is 78.7 Å². The van der Waals surface area contributed by atoms with E-state index in [0.29, 0.717) is 17.8 Å². The Morgan fingerprint density at radius 1 is 1.29 bits per heavy atom. The van der Waals surface area contributed by atoms with Crippen molar-refractivity contribution < 1.29 is 19.7 Å². The first-order chi connectivity index (χ1) is 16.2. The van der Waals surface area contributed by atoms with Gasteiger partial charge in [0.1, 0.15) is 5.76 Å². The number of allylic oxidation sites excluding steroid dienone is 8. The summed E-state index contributed by atoms with van der Waals surface area (Å²) in [6, 6.07) is 0. The Hall–Kier alpha value is -2.17. The number of esters is 1. The van der Waals surface area contributed by atoms with Gasteiger partial charge in [0.2, 0.25) is 0 Å². The van der Waals surface area contributed by atoms with Gasteiger partial charge < -0.3 is 14.9 Å². The average molecular weight is 467 g/mol. The summed E-state index contributed by atoms with van der Waals surface area (Å²) >= 11 is 0. The van der Waals surface area contributed by atoms with Crippen molar-refractivity contribution in [1.29, 1.82) is 0 Å². The highest BCUT2D eigenvalue weighted by Gasteiger charge is 2.57. The number of hydrogen-bond acceptors (Lipinski definition) is 4. The van der Waals surface area contributed by atoms with Gasteiger partial charge in [0.15, 0.2) is 0 Å². The molecule has 186 valence electrons. The minimum absolute atomic E-state index is 0.0227. The predicted octanol–water partition coefficient (Wildman–Crippen LogP) is 6.34. The fourth-order valence-corrected chi connectivity index (χ4v) is 6.30. The van der Waals surface area contributed by atoms with Crippen molar-refractivity contribution in [1.82, 2.24) is 0 Å². The van der Waals surface area contributed by atoms with E-state index in [9.17, 15) is 15.0 Å². The Labute approximate surface area is 205 Å². The fourth-order valence-electron chi connectivity index (χ4n) is 6.30. The molecular formula is C30H42O4. The summed E-state index contributed by atoms with van der Waals surface area (Å²) in [7, 11) is 0. The van der Waals surface area contributed by atoms with Gasteiger partial charge in [0.05, 0.1) is 18.3 Å². The Morgan fingerprint density at radius 2 is 2.06 bits per heavy atom. The highest BCUT2D eigenvalue weighted by atomic mass is 16.5. The van der Waals surface area contributed by atoms with Crippen LogP contribution in [0.15, 0.2) is 71.6 Å². The van der Waals surface area contributed by atoms with E-state index in [2.05, 4.69) is 37.8 Å². The molecule has 2 saturated carbocycles. The van der Waals surface area contributed by atoms with Gasteiger partial charge in [0, 0.05) is 11.3 Å². The monoisotopic (exact) mass is 466 g/mol. The van der Waals surface area contributed by atoms with Crippen LogP contribution in [-0.4, -0.2) is 28.9 Å². The van der Waals surface area contributed by atoms with Gasteiger partial charge in [-0.05, 0) is 82.3 Å². The smallest absolute Gasteiger partial charge is 0.343 e. The molecule has 5 atom stereocenters. The van der Waals surface area contributed by atoms with Crippen LogP contribution in [0.3, 0.4) is 0 Å². The molecule has 0 radical (unpaired) electrons. The zero-order valence-corrected chi connectivity index (χ0v) is 21.3. The van der Waals surface area contributed by atoms with Crippen LogP contribution in [0.4, 0.5) is 0 Å². The molecule has 0 aromatic carbocycles. The van der Waals surface area contributed by atoms with Crippen molar-refractivity contribution in [3.63, 3.8) is 0 Å². The first-order valence-electron chi connectivity index (χ1n) is 12.7. The fraction of sp³-hybridized carbons (Fsp3) is 0.567. The van der Waals surface area contributed by atoms with Crippen molar-refractivity contribution in [2.24, 2.45) is 22.7 Å². The maximum absolute atomic E-state index is 12.5. The van der Waals surface area contributed by atoms with Crippen LogP contribution in [0.1, 0.15) is 72.6 Å². The lowest BCUT2D eigenvalue weighted by atomic mass is 9.46. The third kappa shape index (κ3) is 5.39. The molecule has 2 aliphatic carbocycles. The van der Waals surface area contributed by atoms with E-state index in [-0.39, 0.29) is 29.8 Å². The van der Waals surface area contributed by atoms with Crippen LogP contribution >= 0.6 is 0 Å². The number of aliphatic hydroxyl groups excluding tert-OH is 2. The maximum atomic E-state index is 12.5. The van der Waals surface area contributed by atoms with Crippen LogP contribution in [0, 0.1) is 22.7 Å². The summed E-state index contributed by atoms with van der Waals surface area (Å²) < 4.78 is 5.49. The summed E-state index contributed by atoms with van der Waals surface area (Å²) in [6.45, 7) is 12.7. The molecule has 3 aliphatic rings. The van der Waals surface area contributed by atoms with E-state index in [1.807, 2.05) is 39.0 Å². The lowest BCUT2D eigenvalue weighted by Crippen LogP contribution is -2.57. The maximum Gasteiger partial charge on any atom is 0.343 e. The molecule has 0 aromatic heterocycles. The number of carbonyl (C=O) groups excluding carboxylic acids is 1. The van der Waals surface area contributed by atoms with E-state index < -0.39 is 11.5 Å². The number of fused-ring (bicyclic) bond motifs is 1. The van der Waals surface area contributed by atoms with Gasteiger partial charge in [-0.3, -0.25) is 0 Å². The first-order valence-corrected chi connectivity index (χ1v) is 12.7. The minimum atomic E-state index is -0.516. The zero-order chi connectivity index (χ0) is 24.9. The third-order valence-electron chi connectivity index (χ3n) is 8.41. The summed E-state index contributed by atoms with van der Waals surface area (Å²) in [5, 5.41) is 20.9. The third-order valence-corrected chi connectivity index (χ3v) is 8.41. The molecule has 0 unspecified atom stereocenters. The highest BCUT2D eigenvalue weighted by molar-refractivity contribution is 5.95. The Bertz CT molecular complexity index is 933. The summed E-state index contributed by atoms with van der Waals surface area (Å²) in [5.41, 5.74) is 2.16. The Balaban J connectivity index is 1.76. The quantitative estimate of drug-likeness (QED) is 0.249.